The third-order valence-electron chi connectivity index (χ3n) is 4.86. The normalized spacial score (nSPS) is 14.4. The number of hydrogen-bond donors (Lipinski definition) is 2. The lowest BCUT2D eigenvalue weighted by molar-refractivity contribution is -0.286. The van der Waals surface area contributed by atoms with Crippen LogP contribution in [0, 0.1) is 0 Å². The van der Waals surface area contributed by atoms with E-state index >= 15 is 0 Å². The van der Waals surface area contributed by atoms with E-state index in [4.69, 9.17) is 0 Å². The standard InChI is InChI=1S/C20H17F5N6O4S/c1-31(36(2,32)33)17-11(4-3-7-26-17)9-27-16-13(19(21,22)23)10-28-18(30-16)29-12-5-6-14-15(8-12)35-20(24,25)34-14/h3-8,10H,9H2,1-2H3,(H2,27,28,29,30). The van der Waals surface area contributed by atoms with Gasteiger partial charge in [0.1, 0.15) is 17.2 Å². The SMILES string of the molecule is CN(c1ncccc1CNc1nc(Nc2ccc3c(c2)OC(F)(F)O3)ncc1C(F)(F)F)S(C)(=O)=O. The molecule has 1 aliphatic rings. The fraction of sp³-hybridized carbons (Fsp3) is 0.250. The van der Waals surface area contributed by atoms with Crippen molar-refractivity contribution in [2.24, 2.45) is 0 Å². The van der Waals surface area contributed by atoms with E-state index in [1.54, 1.807) is 0 Å². The highest BCUT2D eigenvalue weighted by Gasteiger charge is 2.43. The molecule has 0 fully saturated rings. The van der Waals surface area contributed by atoms with Crippen LogP contribution in [-0.4, -0.2) is 43.0 Å². The smallest absolute Gasteiger partial charge is 0.395 e. The summed E-state index contributed by atoms with van der Waals surface area (Å²) in [5, 5.41) is 5.16. The molecule has 0 saturated carbocycles. The summed E-state index contributed by atoms with van der Waals surface area (Å²) in [6.45, 7) is -0.262. The minimum atomic E-state index is -4.81. The number of nitrogens with one attached hydrogen (secondary N) is 2. The van der Waals surface area contributed by atoms with Gasteiger partial charge in [-0.25, -0.2) is 18.4 Å². The summed E-state index contributed by atoms with van der Waals surface area (Å²) in [5.74, 6) is -1.37. The predicted molar refractivity (Wildman–Crippen MR) is 118 cm³/mol. The molecule has 0 bridgehead atoms. The molecule has 10 nitrogen and oxygen atoms in total. The van der Waals surface area contributed by atoms with Crippen LogP contribution < -0.4 is 24.4 Å². The molecule has 1 aliphatic heterocycles. The summed E-state index contributed by atoms with van der Waals surface area (Å²) in [6, 6.07) is 6.64. The lowest BCUT2D eigenvalue weighted by atomic mass is 10.2. The molecule has 36 heavy (non-hydrogen) atoms. The van der Waals surface area contributed by atoms with Gasteiger partial charge in [0.2, 0.25) is 16.0 Å². The van der Waals surface area contributed by atoms with E-state index in [-0.39, 0.29) is 41.1 Å². The van der Waals surface area contributed by atoms with Gasteiger partial charge in [0.25, 0.3) is 0 Å². The van der Waals surface area contributed by atoms with Gasteiger partial charge >= 0.3 is 12.5 Å². The molecule has 16 heteroatoms. The Balaban J connectivity index is 1.60. The number of aromatic nitrogens is 3. The summed E-state index contributed by atoms with van der Waals surface area (Å²) >= 11 is 0. The molecular formula is C20H17F5N6O4S. The number of hydrogen-bond acceptors (Lipinski definition) is 9. The van der Waals surface area contributed by atoms with E-state index in [1.165, 1.54) is 37.5 Å². The molecule has 0 spiro atoms. The van der Waals surface area contributed by atoms with Crippen molar-refractivity contribution in [2.75, 3.05) is 28.2 Å². The maximum Gasteiger partial charge on any atom is 0.586 e. The molecule has 1 aromatic carbocycles. The number of alkyl halides is 5. The quantitative estimate of drug-likeness (QED) is 0.436. The molecule has 0 radical (unpaired) electrons. The largest absolute Gasteiger partial charge is 0.586 e. The van der Waals surface area contributed by atoms with Crippen LogP contribution in [0.1, 0.15) is 11.1 Å². The van der Waals surface area contributed by atoms with Crippen molar-refractivity contribution < 1.29 is 39.8 Å². The van der Waals surface area contributed by atoms with E-state index in [9.17, 15) is 30.4 Å². The van der Waals surface area contributed by atoms with Crippen molar-refractivity contribution in [3.63, 3.8) is 0 Å². The summed E-state index contributed by atoms with van der Waals surface area (Å²) in [4.78, 5) is 11.5. The summed E-state index contributed by atoms with van der Waals surface area (Å²) in [6.07, 6.45) is -5.80. The van der Waals surface area contributed by atoms with Crippen molar-refractivity contribution >= 4 is 33.3 Å². The Kier molecular flexibility index (Phi) is 6.24. The number of ether oxygens (including phenoxy) is 2. The first-order valence-electron chi connectivity index (χ1n) is 9.96. The van der Waals surface area contributed by atoms with E-state index < -0.39 is 33.9 Å². The van der Waals surface area contributed by atoms with Gasteiger partial charge in [0, 0.05) is 43.3 Å². The maximum atomic E-state index is 13.6. The Hall–Kier alpha value is -3.95. The molecule has 0 atom stereocenters. The average Bonchev–Trinajstić information content (AvgIpc) is 3.09. The highest BCUT2D eigenvalue weighted by atomic mass is 32.2. The topological polar surface area (TPSA) is 119 Å². The Morgan fingerprint density at radius 2 is 1.83 bits per heavy atom. The molecule has 2 aromatic heterocycles. The molecule has 192 valence electrons. The first kappa shape index (κ1) is 25.2. The second-order valence-corrected chi connectivity index (χ2v) is 9.49. The van der Waals surface area contributed by atoms with Gasteiger partial charge in [-0.1, -0.05) is 6.07 Å². The van der Waals surface area contributed by atoms with Crippen molar-refractivity contribution in [1.29, 1.82) is 0 Å². The van der Waals surface area contributed by atoms with Crippen LogP contribution in [0.25, 0.3) is 0 Å². The van der Waals surface area contributed by atoms with E-state index in [2.05, 4.69) is 35.1 Å². The highest BCUT2D eigenvalue weighted by Crippen LogP contribution is 2.42. The van der Waals surface area contributed by atoms with Gasteiger partial charge in [-0.15, -0.1) is 8.78 Å². The van der Waals surface area contributed by atoms with E-state index in [0.29, 0.717) is 6.20 Å². The summed E-state index contributed by atoms with van der Waals surface area (Å²) < 4.78 is 101. The number of fused-ring (bicyclic) bond motifs is 1. The van der Waals surface area contributed by atoms with Crippen LogP contribution in [0.3, 0.4) is 0 Å². The Morgan fingerprint density at radius 3 is 2.53 bits per heavy atom. The Morgan fingerprint density at radius 1 is 1.11 bits per heavy atom. The highest BCUT2D eigenvalue weighted by molar-refractivity contribution is 7.92. The van der Waals surface area contributed by atoms with Crippen molar-refractivity contribution in [3.8, 4) is 11.5 Å². The van der Waals surface area contributed by atoms with E-state index in [1.807, 2.05) is 0 Å². The lowest BCUT2D eigenvalue weighted by Gasteiger charge is -2.20. The van der Waals surface area contributed by atoms with Gasteiger partial charge in [0.15, 0.2) is 11.5 Å². The molecule has 4 rings (SSSR count). The number of rotatable bonds is 7. The number of nitrogens with zero attached hydrogens (tertiary/aromatic N) is 4. The first-order chi connectivity index (χ1) is 16.7. The zero-order valence-electron chi connectivity index (χ0n) is 18.5. The van der Waals surface area contributed by atoms with Crippen LogP contribution in [-0.2, 0) is 22.7 Å². The molecule has 3 aromatic rings. The van der Waals surface area contributed by atoms with E-state index in [0.717, 1.165) is 16.6 Å². The lowest BCUT2D eigenvalue weighted by Crippen LogP contribution is -2.27. The van der Waals surface area contributed by atoms with Crippen LogP contribution >= 0.6 is 0 Å². The number of anilines is 4. The second-order valence-electron chi connectivity index (χ2n) is 7.48. The Labute approximate surface area is 201 Å². The zero-order valence-corrected chi connectivity index (χ0v) is 19.3. The van der Waals surface area contributed by atoms with Gasteiger partial charge in [-0.3, -0.25) is 4.31 Å². The fourth-order valence-corrected chi connectivity index (χ4v) is 3.61. The average molecular weight is 532 g/mol. The van der Waals surface area contributed by atoms with Crippen LogP contribution in [0.2, 0.25) is 0 Å². The molecular weight excluding hydrogens is 515 g/mol. The monoisotopic (exact) mass is 532 g/mol. The van der Waals surface area contributed by atoms with Crippen LogP contribution in [0.15, 0.2) is 42.7 Å². The van der Waals surface area contributed by atoms with Gasteiger partial charge in [-0.05, 0) is 18.2 Å². The third-order valence-corrected chi connectivity index (χ3v) is 6.03. The van der Waals surface area contributed by atoms with Crippen molar-refractivity contribution in [1.82, 2.24) is 15.0 Å². The van der Waals surface area contributed by atoms with Gasteiger partial charge < -0.3 is 20.1 Å². The number of halogens is 5. The van der Waals surface area contributed by atoms with Crippen LogP contribution in [0.5, 0.6) is 11.5 Å². The first-order valence-corrected chi connectivity index (χ1v) is 11.8. The predicted octanol–water partition coefficient (Wildman–Crippen LogP) is 3.96. The summed E-state index contributed by atoms with van der Waals surface area (Å²) in [7, 11) is -2.42. The fourth-order valence-electron chi connectivity index (χ4n) is 3.13. The third kappa shape index (κ3) is 5.48. The zero-order chi connectivity index (χ0) is 26.3. The van der Waals surface area contributed by atoms with Crippen LogP contribution in [0.4, 0.5) is 45.2 Å². The van der Waals surface area contributed by atoms with Gasteiger partial charge in [-0.2, -0.15) is 18.2 Å². The van der Waals surface area contributed by atoms with Crippen molar-refractivity contribution in [2.45, 2.75) is 19.0 Å². The molecule has 3 heterocycles. The minimum Gasteiger partial charge on any atom is -0.395 e. The summed E-state index contributed by atoms with van der Waals surface area (Å²) in [5.41, 5.74) is -0.756. The molecule has 2 N–H and O–H groups in total. The number of benzene rings is 1. The van der Waals surface area contributed by atoms with Crippen molar-refractivity contribution in [3.05, 3.63) is 53.9 Å². The minimum absolute atomic E-state index is 0.0191. The Bertz CT molecular complexity index is 1400. The molecule has 0 unspecified atom stereocenters. The maximum absolute atomic E-state index is 13.6. The molecule has 0 aliphatic carbocycles. The number of sulfonamides is 1. The molecule has 0 saturated heterocycles. The molecule has 0 amide bonds. The second kappa shape index (κ2) is 8.92. The van der Waals surface area contributed by atoms with Gasteiger partial charge in [0.05, 0.1) is 6.26 Å². The number of pyridine rings is 1.